The quantitative estimate of drug-likeness (QED) is 0.634. The molecule has 1 saturated heterocycles. The summed E-state index contributed by atoms with van der Waals surface area (Å²) in [5.41, 5.74) is 3.29. The van der Waals surface area contributed by atoms with E-state index in [2.05, 4.69) is 32.4 Å². The van der Waals surface area contributed by atoms with Crippen LogP contribution in [0.4, 0.5) is 10.1 Å². The van der Waals surface area contributed by atoms with Gasteiger partial charge in [0.2, 0.25) is 0 Å². The molecule has 0 spiro atoms. The number of nitrogens with one attached hydrogen (secondary N) is 1. The van der Waals surface area contributed by atoms with Gasteiger partial charge in [-0.15, -0.1) is 0 Å². The molecular weight excluding hydrogens is 353 g/mol. The van der Waals surface area contributed by atoms with Gasteiger partial charge in [-0.2, -0.15) is 5.10 Å². The Balaban J connectivity index is 1.17. The van der Waals surface area contributed by atoms with Gasteiger partial charge in [0.05, 0.1) is 11.9 Å². The molecule has 0 radical (unpaired) electrons. The molecule has 0 aliphatic carbocycles. The first-order valence-electron chi connectivity index (χ1n) is 9.93. The first-order valence-corrected chi connectivity index (χ1v) is 9.93. The average molecular weight is 379 g/mol. The van der Waals surface area contributed by atoms with Crippen LogP contribution in [0.15, 0.2) is 61.2 Å². The van der Waals surface area contributed by atoms with E-state index < -0.39 is 0 Å². The van der Waals surface area contributed by atoms with Crippen molar-refractivity contribution in [3.8, 4) is 5.69 Å². The zero-order chi connectivity index (χ0) is 19.2. The van der Waals surface area contributed by atoms with E-state index in [0.717, 1.165) is 43.3 Å². The van der Waals surface area contributed by atoms with Gasteiger partial charge in [0, 0.05) is 49.5 Å². The van der Waals surface area contributed by atoms with Crippen molar-refractivity contribution in [3.63, 3.8) is 0 Å². The molecule has 2 aromatic heterocycles. The fourth-order valence-corrected chi connectivity index (χ4v) is 3.76. The molecule has 1 fully saturated rings. The minimum atomic E-state index is -0.232. The summed E-state index contributed by atoms with van der Waals surface area (Å²) in [6.45, 7) is 4.07. The topological polar surface area (TPSA) is 46.0 Å². The van der Waals surface area contributed by atoms with E-state index in [9.17, 15) is 4.39 Å². The fraction of sp³-hybridized carbons (Fsp3) is 0.364. The van der Waals surface area contributed by atoms with Crippen molar-refractivity contribution in [2.24, 2.45) is 5.92 Å². The zero-order valence-corrected chi connectivity index (χ0v) is 16.0. The largest absolute Gasteiger partial charge is 0.371 e. The standard InChI is InChI=1S/C22H26FN5/c23-20-1-3-22(4-2-20)28-17-19(16-26-28)15-25-10-5-18-8-13-27(14-9-18)21-6-11-24-12-7-21/h1-4,6-7,11-12,16-18,25H,5,8-10,13-15H2. The molecule has 1 aromatic carbocycles. The van der Waals surface area contributed by atoms with E-state index in [1.165, 1.54) is 37.1 Å². The van der Waals surface area contributed by atoms with E-state index in [-0.39, 0.29) is 5.82 Å². The Kier molecular flexibility index (Phi) is 5.97. The van der Waals surface area contributed by atoms with Gasteiger partial charge in [0.25, 0.3) is 0 Å². The Hall–Kier alpha value is -2.73. The van der Waals surface area contributed by atoms with Crippen molar-refractivity contribution in [1.29, 1.82) is 0 Å². The second-order valence-corrected chi connectivity index (χ2v) is 7.37. The molecule has 1 N–H and O–H groups in total. The van der Waals surface area contributed by atoms with Crippen LogP contribution in [0.3, 0.4) is 0 Å². The van der Waals surface area contributed by atoms with Crippen LogP contribution in [0.5, 0.6) is 0 Å². The fourth-order valence-electron chi connectivity index (χ4n) is 3.76. The van der Waals surface area contributed by atoms with Crippen LogP contribution in [-0.2, 0) is 6.54 Å². The highest BCUT2D eigenvalue weighted by atomic mass is 19.1. The van der Waals surface area contributed by atoms with E-state index in [1.807, 2.05) is 24.8 Å². The highest BCUT2D eigenvalue weighted by molar-refractivity contribution is 5.44. The summed E-state index contributed by atoms with van der Waals surface area (Å²) in [6.07, 6.45) is 11.3. The summed E-state index contributed by atoms with van der Waals surface area (Å²) in [5.74, 6) is 0.553. The third-order valence-corrected chi connectivity index (χ3v) is 5.43. The van der Waals surface area contributed by atoms with Gasteiger partial charge in [-0.25, -0.2) is 9.07 Å². The van der Waals surface area contributed by atoms with Gasteiger partial charge in [-0.3, -0.25) is 4.98 Å². The number of nitrogens with zero attached hydrogens (tertiary/aromatic N) is 4. The molecule has 0 amide bonds. The van der Waals surface area contributed by atoms with Gasteiger partial charge < -0.3 is 10.2 Å². The predicted molar refractivity (Wildman–Crippen MR) is 109 cm³/mol. The second kappa shape index (κ2) is 8.97. The number of hydrogen-bond donors (Lipinski definition) is 1. The molecular formula is C22H26FN5. The monoisotopic (exact) mass is 379 g/mol. The Labute approximate surface area is 165 Å². The van der Waals surface area contributed by atoms with E-state index in [0.29, 0.717) is 0 Å². The highest BCUT2D eigenvalue weighted by Crippen LogP contribution is 2.24. The molecule has 0 atom stereocenters. The molecule has 28 heavy (non-hydrogen) atoms. The van der Waals surface area contributed by atoms with Gasteiger partial charge >= 0.3 is 0 Å². The molecule has 6 heteroatoms. The van der Waals surface area contributed by atoms with Crippen molar-refractivity contribution >= 4 is 5.69 Å². The van der Waals surface area contributed by atoms with Crippen LogP contribution in [-0.4, -0.2) is 34.4 Å². The predicted octanol–water partition coefficient (Wildman–Crippen LogP) is 3.80. The summed E-state index contributed by atoms with van der Waals surface area (Å²) in [5, 5.41) is 7.90. The second-order valence-electron chi connectivity index (χ2n) is 7.37. The molecule has 1 aliphatic heterocycles. The Morgan fingerprint density at radius 3 is 2.50 bits per heavy atom. The van der Waals surface area contributed by atoms with E-state index >= 15 is 0 Å². The average Bonchev–Trinajstić information content (AvgIpc) is 3.22. The van der Waals surface area contributed by atoms with Gasteiger partial charge in [-0.05, 0) is 68.1 Å². The van der Waals surface area contributed by atoms with Crippen molar-refractivity contribution < 1.29 is 4.39 Å². The maximum atomic E-state index is 13.0. The molecule has 0 unspecified atom stereocenters. The van der Waals surface area contributed by atoms with Crippen molar-refractivity contribution in [2.45, 2.75) is 25.8 Å². The molecule has 1 aliphatic rings. The maximum Gasteiger partial charge on any atom is 0.123 e. The van der Waals surface area contributed by atoms with Crippen LogP contribution in [0.2, 0.25) is 0 Å². The van der Waals surface area contributed by atoms with Crippen LogP contribution in [0.25, 0.3) is 5.69 Å². The Bertz CT molecular complexity index is 854. The maximum absolute atomic E-state index is 13.0. The Morgan fingerprint density at radius 1 is 1.00 bits per heavy atom. The molecule has 0 saturated carbocycles. The number of hydrogen-bond acceptors (Lipinski definition) is 4. The first-order chi connectivity index (χ1) is 13.8. The Morgan fingerprint density at radius 2 is 1.75 bits per heavy atom. The van der Waals surface area contributed by atoms with Gasteiger partial charge in [0.15, 0.2) is 0 Å². The van der Waals surface area contributed by atoms with Crippen molar-refractivity contribution in [3.05, 3.63) is 72.6 Å². The van der Waals surface area contributed by atoms with Crippen LogP contribution in [0, 0.1) is 11.7 Å². The minimum absolute atomic E-state index is 0.232. The summed E-state index contributed by atoms with van der Waals surface area (Å²) >= 11 is 0. The van der Waals surface area contributed by atoms with Crippen LogP contribution in [0.1, 0.15) is 24.8 Å². The summed E-state index contributed by atoms with van der Waals surface area (Å²) in [7, 11) is 0. The lowest BCUT2D eigenvalue weighted by Crippen LogP contribution is -2.34. The lowest BCUT2D eigenvalue weighted by molar-refractivity contribution is 0.373. The number of halogens is 1. The van der Waals surface area contributed by atoms with Gasteiger partial charge in [0.1, 0.15) is 5.82 Å². The zero-order valence-electron chi connectivity index (χ0n) is 16.0. The summed E-state index contributed by atoms with van der Waals surface area (Å²) in [4.78, 5) is 6.55. The third kappa shape index (κ3) is 4.75. The molecule has 146 valence electrons. The number of rotatable bonds is 7. The SMILES string of the molecule is Fc1ccc(-n2cc(CNCCC3CCN(c4ccncc4)CC3)cn2)cc1. The molecule has 0 bridgehead atoms. The third-order valence-electron chi connectivity index (χ3n) is 5.43. The van der Waals surface area contributed by atoms with E-state index in [1.54, 1.807) is 16.8 Å². The summed E-state index contributed by atoms with van der Waals surface area (Å²) < 4.78 is 14.8. The van der Waals surface area contributed by atoms with E-state index in [4.69, 9.17) is 0 Å². The summed E-state index contributed by atoms with van der Waals surface area (Å²) in [6, 6.07) is 10.6. The van der Waals surface area contributed by atoms with Crippen molar-refractivity contribution in [2.75, 3.05) is 24.5 Å². The van der Waals surface area contributed by atoms with Crippen LogP contribution >= 0.6 is 0 Å². The number of aromatic nitrogens is 3. The number of pyridine rings is 1. The van der Waals surface area contributed by atoms with Crippen LogP contribution < -0.4 is 10.2 Å². The lowest BCUT2D eigenvalue weighted by atomic mass is 9.93. The number of benzene rings is 1. The smallest absolute Gasteiger partial charge is 0.123 e. The van der Waals surface area contributed by atoms with Crippen molar-refractivity contribution in [1.82, 2.24) is 20.1 Å². The first kappa shape index (κ1) is 18.6. The number of anilines is 1. The molecule has 5 nitrogen and oxygen atoms in total. The number of piperidine rings is 1. The lowest BCUT2D eigenvalue weighted by Gasteiger charge is -2.33. The molecule has 3 heterocycles. The molecule has 3 aromatic rings. The normalized spacial score (nSPS) is 15.1. The van der Waals surface area contributed by atoms with Gasteiger partial charge in [-0.1, -0.05) is 0 Å². The highest BCUT2D eigenvalue weighted by Gasteiger charge is 2.18. The molecule has 4 rings (SSSR count). The minimum Gasteiger partial charge on any atom is -0.371 e.